The van der Waals surface area contributed by atoms with Crippen LogP contribution >= 0.6 is 0 Å². The van der Waals surface area contributed by atoms with Gasteiger partial charge in [-0.1, -0.05) is 40.5 Å². The summed E-state index contributed by atoms with van der Waals surface area (Å²) in [5.74, 6) is -2.55. The van der Waals surface area contributed by atoms with Crippen molar-refractivity contribution in [2.45, 2.75) is 91.3 Å². The largest absolute Gasteiger partial charge is 0.368 e. The fraction of sp³-hybridized carbons (Fsp3) is 0.846. The first-order valence-corrected chi connectivity index (χ1v) is 13.6. The quantitative estimate of drug-likeness (QED) is 0.287. The van der Waals surface area contributed by atoms with Gasteiger partial charge in [-0.3, -0.25) is 19.2 Å². The molecular weight excluding hydrogens is 464 g/mol. The molecule has 1 saturated carbocycles. The molecule has 0 radical (unpaired) electrons. The zero-order chi connectivity index (χ0) is 27.1. The summed E-state index contributed by atoms with van der Waals surface area (Å²) in [5, 5.41) is 0. The van der Waals surface area contributed by atoms with Crippen LogP contribution in [0.4, 0.5) is 0 Å². The monoisotopic (exact) mass is 512 g/mol. The molecule has 10 nitrogen and oxygen atoms in total. The van der Waals surface area contributed by atoms with Gasteiger partial charge in [0, 0.05) is 26.2 Å². The fourth-order valence-electron chi connectivity index (χ4n) is 5.11. The Kier molecular flexibility index (Phi) is 15.3. The Morgan fingerprint density at radius 2 is 1.17 bits per heavy atom. The fourth-order valence-corrected chi connectivity index (χ4v) is 5.11. The van der Waals surface area contributed by atoms with Crippen LogP contribution in [0.3, 0.4) is 0 Å². The van der Waals surface area contributed by atoms with E-state index in [4.69, 9.17) is 20.9 Å². The lowest BCUT2D eigenvalue weighted by Gasteiger charge is -2.40. The van der Waals surface area contributed by atoms with E-state index in [9.17, 15) is 19.2 Å². The molecule has 4 atom stereocenters. The maximum absolute atomic E-state index is 13.6. The number of hydrogen-bond donors (Lipinski definition) is 2. The van der Waals surface area contributed by atoms with Crippen molar-refractivity contribution in [3.8, 4) is 0 Å². The predicted octanol–water partition coefficient (Wildman–Crippen LogP) is 1.83. The van der Waals surface area contributed by atoms with Crippen molar-refractivity contribution in [2.75, 3.05) is 39.4 Å². The molecule has 0 aromatic carbocycles. The summed E-state index contributed by atoms with van der Waals surface area (Å²) in [5.41, 5.74) is 11.1. The summed E-state index contributed by atoms with van der Waals surface area (Å²) in [7, 11) is 0. The van der Waals surface area contributed by atoms with Gasteiger partial charge >= 0.3 is 0 Å². The van der Waals surface area contributed by atoms with E-state index in [0.29, 0.717) is 39.0 Å². The molecule has 0 saturated heterocycles. The SMILES string of the molecule is CCCN(CCC)C(=O)COC(C(N)=O)[C@@H]1CCCC[C@H]1C(OCC(N)=O)C(=O)N(CCC)CCC. The Morgan fingerprint density at radius 1 is 0.722 bits per heavy atom. The zero-order valence-electron chi connectivity index (χ0n) is 22.7. The van der Waals surface area contributed by atoms with Gasteiger partial charge in [-0.05, 0) is 50.4 Å². The molecule has 1 fully saturated rings. The zero-order valence-corrected chi connectivity index (χ0v) is 22.7. The van der Waals surface area contributed by atoms with Crippen LogP contribution in [-0.2, 0) is 28.7 Å². The first-order chi connectivity index (χ1) is 17.2. The minimum absolute atomic E-state index is 0.188. The Bertz CT molecular complexity index is 692. The second-order valence-electron chi connectivity index (χ2n) is 9.65. The second-order valence-corrected chi connectivity index (χ2v) is 9.65. The summed E-state index contributed by atoms with van der Waals surface area (Å²) in [4.78, 5) is 53.9. The number of hydrogen-bond acceptors (Lipinski definition) is 6. The van der Waals surface area contributed by atoms with Crippen molar-refractivity contribution in [1.29, 1.82) is 0 Å². The number of primary amides is 2. The van der Waals surface area contributed by atoms with E-state index in [-0.39, 0.29) is 18.4 Å². The van der Waals surface area contributed by atoms with Crippen LogP contribution in [0.15, 0.2) is 0 Å². The van der Waals surface area contributed by atoms with E-state index >= 15 is 0 Å². The number of ether oxygens (including phenoxy) is 2. The van der Waals surface area contributed by atoms with Gasteiger partial charge in [-0.25, -0.2) is 0 Å². The van der Waals surface area contributed by atoms with E-state index in [1.54, 1.807) is 9.80 Å². The molecule has 36 heavy (non-hydrogen) atoms. The minimum atomic E-state index is -1.04. The van der Waals surface area contributed by atoms with E-state index in [1.807, 2.05) is 27.7 Å². The highest BCUT2D eigenvalue weighted by Gasteiger charge is 2.44. The van der Waals surface area contributed by atoms with Crippen LogP contribution < -0.4 is 11.5 Å². The van der Waals surface area contributed by atoms with Crippen LogP contribution in [0.25, 0.3) is 0 Å². The maximum Gasteiger partial charge on any atom is 0.252 e. The van der Waals surface area contributed by atoms with Gasteiger partial charge in [0.15, 0.2) is 0 Å². The number of nitrogens with two attached hydrogens (primary N) is 2. The average molecular weight is 513 g/mol. The molecule has 1 aliphatic rings. The second kappa shape index (κ2) is 17.3. The highest BCUT2D eigenvalue weighted by molar-refractivity contribution is 5.83. The minimum Gasteiger partial charge on any atom is -0.368 e. The van der Waals surface area contributed by atoms with Crippen LogP contribution in [0.1, 0.15) is 79.1 Å². The third-order valence-corrected chi connectivity index (χ3v) is 6.61. The number of nitrogens with zero attached hydrogens (tertiary/aromatic N) is 2. The highest BCUT2D eigenvalue weighted by atomic mass is 16.5. The van der Waals surface area contributed by atoms with Crippen LogP contribution in [0, 0.1) is 11.8 Å². The Hall–Kier alpha value is -2.20. The molecule has 10 heteroatoms. The standard InChI is InChI=1S/C26H48N4O6/c1-5-13-29(14-6-2)22(32)18-36-23(25(28)33)19-11-9-10-12-20(19)24(35-17-21(27)31)26(34)30(15-7-3)16-8-4/h19-20,23-24H,5-18H2,1-4H3,(H2,27,31)(H2,28,33)/t19-,20-,23?,24?/m1/s1. The van der Waals surface area contributed by atoms with Crippen LogP contribution in [-0.4, -0.2) is 85.0 Å². The lowest BCUT2D eigenvalue weighted by Crippen LogP contribution is -2.52. The van der Waals surface area contributed by atoms with Crippen molar-refractivity contribution in [3.63, 3.8) is 0 Å². The molecule has 208 valence electrons. The van der Waals surface area contributed by atoms with Gasteiger partial charge in [-0.15, -0.1) is 0 Å². The average Bonchev–Trinajstić information content (AvgIpc) is 2.84. The molecule has 0 aliphatic heterocycles. The van der Waals surface area contributed by atoms with Crippen molar-refractivity contribution < 1.29 is 28.7 Å². The lowest BCUT2D eigenvalue weighted by molar-refractivity contribution is -0.161. The van der Waals surface area contributed by atoms with E-state index in [2.05, 4.69) is 0 Å². The van der Waals surface area contributed by atoms with Gasteiger partial charge < -0.3 is 30.7 Å². The first kappa shape index (κ1) is 31.8. The van der Waals surface area contributed by atoms with Crippen molar-refractivity contribution in [1.82, 2.24) is 9.80 Å². The third-order valence-electron chi connectivity index (χ3n) is 6.61. The van der Waals surface area contributed by atoms with Gasteiger partial charge in [0.05, 0.1) is 0 Å². The summed E-state index contributed by atoms with van der Waals surface area (Å²) < 4.78 is 11.7. The highest BCUT2D eigenvalue weighted by Crippen LogP contribution is 2.37. The molecule has 0 aromatic heterocycles. The molecule has 4 amide bonds. The van der Waals surface area contributed by atoms with Crippen LogP contribution in [0.5, 0.6) is 0 Å². The summed E-state index contributed by atoms with van der Waals surface area (Å²) in [6.07, 6.45) is 4.12. The Morgan fingerprint density at radius 3 is 1.61 bits per heavy atom. The third kappa shape index (κ3) is 10.0. The van der Waals surface area contributed by atoms with Gasteiger partial charge in [0.2, 0.25) is 17.7 Å². The predicted molar refractivity (Wildman–Crippen MR) is 138 cm³/mol. The molecule has 2 unspecified atom stereocenters. The number of rotatable bonds is 18. The maximum atomic E-state index is 13.6. The van der Waals surface area contributed by atoms with Gasteiger partial charge in [0.1, 0.15) is 25.4 Å². The summed E-state index contributed by atoms with van der Waals surface area (Å²) in [6, 6.07) is 0. The Balaban J connectivity index is 3.18. The lowest BCUT2D eigenvalue weighted by atomic mass is 9.72. The van der Waals surface area contributed by atoms with E-state index < -0.39 is 42.5 Å². The summed E-state index contributed by atoms with van der Waals surface area (Å²) >= 11 is 0. The normalized spacial score (nSPS) is 19.3. The molecule has 1 rings (SSSR count). The Labute approximate surface area is 216 Å². The van der Waals surface area contributed by atoms with Crippen molar-refractivity contribution >= 4 is 23.6 Å². The van der Waals surface area contributed by atoms with E-state index in [0.717, 1.165) is 38.5 Å². The molecule has 0 bridgehead atoms. The topological polar surface area (TPSA) is 145 Å². The van der Waals surface area contributed by atoms with Gasteiger partial charge in [0.25, 0.3) is 5.91 Å². The number of amides is 4. The molecule has 0 aromatic rings. The number of carbonyl (C=O) groups excluding carboxylic acids is 4. The summed E-state index contributed by atoms with van der Waals surface area (Å²) in [6.45, 7) is 9.70. The molecule has 0 spiro atoms. The number of carbonyl (C=O) groups is 4. The van der Waals surface area contributed by atoms with Crippen molar-refractivity contribution in [2.24, 2.45) is 23.3 Å². The molecule has 0 heterocycles. The van der Waals surface area contributed by atoms with E-state index in [1.165, 1.54) is 0 Å². The molecular formula is C26H48N4O6. The smallest absolute Gasteiger partial charge is 0.252 e. The van der Waals surface area contributed by atoms with Gasteiger partial charge in [-0.2, -0.15) is 0 Å². The van der Waals surface area contributed by atoms with Crippen molar-refractivity contribution in [3.05, 3.63) is 0 Å². The molecule has 4 N–H and O–H groups in total. The first-order valence-electron chi connectivity index (χ1n) is 13.6. The molecule has 1 aliphatic carbocycles. The van der Waals surface area contributed by atoms with Crippen LogP contribution in [0.2, 0.25) is 0 Å².